The number of hydrogen-bond donors (Lipinski definition) is 6. The Bertz CT molecular complexity index is 2030. The first-order chi connectivity index (χ1) is 24.7. The van der Waals surface area contributed by atoms with Crippen LogP contribution in [-0.4, -0.2) is 113 Å². The van der Waals surface area contributed by atoms with E-state index in [1.54, 1.807) is 0 Å². The topological polar surface area (TPSA) is 297 Å². The summed E-state index contributed by atoms with van der Waals surface area (Å²) in [5, 5.41) is 50.8. The van der Waals surface area contributed by atoms with Crippen molar-refractivity contribution in [1.29, 1.82) is 0 Å². The van der Waals surface area contributed by atoms with Gasteiger partial charge in [0.25, 0.3) is 5.91 Å². The van der Waals surface area contributed by atoms with Crippen molar-refractivity contribution in [3.05, 3.63) is 68.7 Å². The number of anilines is 1. The molecular formula is C33H32N4O15. The van der Waals surface area contributed by atoms with Crippen molar-refractivity contribution < 1.29 is 63.4 Å². The molecule has 1 aliphatic heterocycles. The largest absolute Gasteiger partial charge is 0.507 e. The van der Waals surface area contributed by atoms with Gasteiger partial charge in [0, 0.05) is 40.8 Å². The molecule has 0 radical (unpaired) electrons. The lowest BCUT2D eigenvalue weighted by molar-refractivity contribution is -0.142. The van der Waals surface area contributed by atoms with E-state index in [4.69, 9.17) is 29.8 Å². The van der Waals surface area contributed by atoms with E-state index in [2.05, 4.69) is 5.18 Å². The summed E-state index contributed by atoms with van der Waals surface area (Å²) < 4.78 is 17.4. The van der Waals surface area contributed by atoms with Crippen molar-refractivity contribution in [2.75, 3.05) is 57.4 Å². The molecule has 2 aromatic rings. The van der Waals surface area contributed by atoms with Crippen LogP contribution < -0.4 is 20.8 Å². The van der Waals surface area contributed by atoms with Crippen LogP contribution in [0.2, 0.25) is 0 Å². The number of carboxylic acid groups (broad SMARTS) is 4. The molecule has 4 rings (SSSR count). The number of aromatic hydroxyl groups is 1. The average Bonchev–Trinajstić information content (AvgIpc) is 3.04. The number of nitrogens with zero attached hydrogens (tertiary/aromatic N) is 3. The van der Waals surface area contributed by atoms with E-state index in [0.29, 0.717) is 11.1 Å². The normalized spacial score (nSPS) is 11.1. The lowest BCUT2D eigenvalue weighted by atomic mass is 9.91. The fraction of sp³-hybridized carbons (Fsp3) is 0.273. The lowest BCUT2D eigenvalue weighted by Gasteiger charge is -2.25. The molecule has 19 nitrogen and oxygen atoms in total. The lowest BCUT2D eigenvalue weighted by Crippen LogP contribution is -2.37. The predicted molar refractivity (Wildman–Crippen MR) is 180 cm³/mol. The second-order valence-corrected chi connectivity index (χ2v) is 11.2. The number of carbonyl (C=O) groups is 5. The molecule has 0 aromatic heterocycles. The summed E-state index contributed by atoms with van der Waals surface area (Å²) >= 11 is 0. The van der Waals surface area contributed by atoms with Crippen molar-refractivity contribution >= 4 is 46.4 Å². The van der Waals surface area contributed by atoms with Gasteiger partial charge in [-0.15, -0.1) is 0 Å². The molecular weight excluding hydrogens is 692 g/mol. The Kier molecular flexibility index (Phi) is 12.4. The van der Waals surface area contributed by atoms with Crippen LogP contribution in [0.15, 0.2) is 56.9 Å². The Labute approximate surface area is 292 Å². The number of phenolic OH excluding ortho intramolecular Hbond substituents is 1. The molecule has 0 saturated carbocycles. The van der Waals surface area contributed by atoms with Gasteiger partial charge in [-0.25, -0.2) is 0 Å². The van der Waals surface area contributed by atoms with Crippen LogP contribution in [0.4, 0.5) is 5.69 Å². The van der Waals surface area contributed by atoms with E-state index in [1.165, 1.54) is 36.4 Å². The van der Waals surface area contributed by atoms with Crippen molar-refractivity contribution in [1.82, 2.24) is 4.90 Å². The Morgan fingerprint density at radius 1 is 0.827 bits per heavy atom. The molecule has 2 aromatic carbocycles. The third-order valence-corrected chi connectivity index (χ3v) is 7.52. The fourth-order valence-corrected chi connectivity index (χ4v) is 5.40. The number of amides is 1. The van der Waals surface area contributed by atoms with Gasteiger partial charge in [0.2, 0.25) is 0 Å². The molecule has 0 bridgehead atoms. The SMILES string of the molecule is NC(=O)c1cc2c(-c3ccc(N(CC(=O)O)CC(=O)O)c(OCCOCCN(CC(=O)O)CC(=O)O)c3)c3cc(CN=O)c(O)cc3oc-2cc1=O. The van der Waals surface area contributed by atoms with E-state index in [9.17, 15) is 49.0 Å². The van der Waals surface area contributed by atoms with Crippen LogP contribution in [0.3, 0.4) is 0 Å². The maximum atomic E-state index is 12.7. The summed E-state index contributed by atoms with van der Waals surface area (Å²) in [6, 6.07) is 9.19. The number of nitroso groups, excluding NO2 is 1. The number of aliphatic carboxylic acids is 4. The summed E-state index contributed by atoms with van der Waals surface area (Å²) in [7, 11) is 0. The highest BCUT2D eigenvalue weighted by Crippen LogP contribution is 2.44. The molecule has 19 heteroatoms. The number of fused-ring (bicyclic) bond motifs is 2. The highest BCUT2D eigenvalue weighted by molar-refractivity contribution is 6.05. The minimum Gasteiger partial charge on any atom is -0.507 e. The maximum Gasteiger partial charge on any atom is 0.323 e. The van der Waals surface area contributed by atoms with E-state index < -0.39 is 67.9 Å². The number of benzene rings is 3. The van der Waals surface area contributed by atoms with Gasteiger partial charge in [0.15, 0.2) is 5.43 Å². The molecule has 2 aliphatic rings. The summed E-state index contributed by atoms with van der Waals surface area (Å²) in [6.45, 7) is -3.44. The molecule has 274 valence electrons. The number of carbonyl (C=O) groups excluding carboxylic acids is 1. The Morgan fingerprint density at radius 3 is 2.08 bits per heavy atom. The zero-order chi connectivity index (χ0) is 38.1. The van der Waals surface area contributed by atoms with Gasteiger partial charge in [-0.2, -0.15) is 4.91 Å². The zero-order valence-corrected chi connectivity index (χ0v) is 27.1. The number of ether oxygens (including phenoxy) is 2. The molecule has 0 fully saturated rings. The number of phenols is 1. The molecule has 0 spiro atoms. The first kappa shape index (κ1) is 38.2. The second-order valence-electron chi connectivity index (χ2n) is 11.2. The van der Waals surface area contributed by atoms with Crippen molar-refractivity contribution in [3.63, 3.8) is 0 Å². The van der Waals surface area contributed by atoms with Gasteiger partial charge in [0.1, 0.15) is 49.1 Å². The molecule has 52 heavy (non-hydrogen) atoms. The van der Waals surface area contributed by atoms with E-state index in [1.807, 2.05) is 0 Å². The third kappa shape index (κ3) is 9.55. The van der Waals surface area contributed by atoms with Crippen LogP contribution >= 0.6 is 0 Å². The van der Waals surface area contributed by atoms with Crippen LogP contribution in [0, 0.1) is 4.91 Å². The summed E-state index contributed by atoms with van der Waals surface area (Å²) in [6.07, 6.45) is 0. The zero-order valence-electron chi connectivity index (χ0n) is 27.1. The van der Waals surface area contributed by atoms with E-state index >= 15 is 0 Å². The van der Waals surface area contributed by atoms with Gasteiger partial charge < -0.3 is 50.1 Å². The molecule has 0 unspecified atom stereocenters. The van der Waals surface area contributed by atoms with Gasteiger partial charge in [-0.1, -0.05) is 11.2 Å². The van der Waals surface area contributed by atoms with Crippen molar-refractivity contribution in [3.8, 4) is 33.9 Å². The van der Waals surface area contributed by atoms with Crippen LogP contribution in [0.1, 0.15) is 15.9 Å². The number of primary amides is 1. The van der Waals surface area contributed by atoms with Crippen LogP contribution in [-0.2, 0) is 30.5 Å². The summed E-state index contributed by atoms with van der Waals surface area (Å²) in [4.78, 5) is 83.7. The molecule has 1 amide bonds. The first-order valence-corrected chi connectivity index (χ1v) is 15.2. The monoisotopic (exact) mass is 724 g/mol. The quantitative estimate of drug-likeness (QED) is 0.0427. The standard InChI is InChI=1S/C33H32N4O15/c34-33(48)19-9-21-26(11-24(19)39)52-25-10-23(38)18(12-35-49)7-20(25)32(21)17-1-2-22(37(15-30(44)45)16-31(46)47)27(8-17)51-6-5-50-4-3-36(13-28(40)41)14-29(42)43/h1-2,7-11,38H,3-6,12-16H2,(H2,34,48)(H,40,41)(H,42,43)(H,44,45)(H,46,47). The van der Waals surface area contributed by atoms with Gasteiger partial charge >= 0.3 is 23.9 Å². The number of hydrogen-bond acceptors (Lipinski definition) is 14. The van der Waals surface area contributed by atoms with Crippen molar-refractivity contribution in [2.24, 2.45) is 10.9 Å². The average molecular weight is 725 g/mol. The fourth-order valence-electron chi connectivity index (χ4n) is 5.40. The molecule has 7 N–H and O–H groups in total. The van der Waals surface area contributed by atoms with E-state index in [-0.39, 0.29) is 77.0 Å². The second kappa shape index (κ2) is 16.9. The smallest absolute Gasteiger partial charge is 0.323 e. The molecule has 0 saturated heterocycles. The molecule has 0 atom stereocenters. The number of nitrogens with two attached hydrogens (primary N) is 1. The minimum atomic E-state index is -1.35. The third-order valence-electron chi connectivity index (χ3n) is 7.52. The molecule has 1 heterocycles. The van der Waals surface area contributed by atoms with Crippen LogP contribution in [0.25, 0.3) is 33.4 Å². The van der Waals surface area contributed by atoms with Crippen LogP contribution in [0.5, 0.6) is 11.5 Å². The number of rotatable bonds is 20. The van der Waals surface area contributed by atoms with Gasteiger partial charge in [0.05, 0.1) is 37.6 Å². The predicted octanol–water partition coefficient (Wildman–Crippen LogP) is 1.48. The first-order valence-electron chi connectivity index (χ1n) is 15.2. The van der Waals surface area contributed by atoms with Crippen molar-refractivity contribution in [2.45, 2.75) is 6.54 Å². The summed E-state index contributed by atoms with van der Waals surface area (Å²) in [5.74, 6) is -6.57. The highest BCUT2D eigenvalue weighted by atomic mass is 16.5. The highest BCUT2D eigenvalue weighted by Gasteiger charge is 2.25. The van der Waals surface area contributed by atoms with Gasteiger partial charge in [-0.05, 0) is 29.8 Å². The Hall–Kier alpha value is -6.60. The Balaban J connectivity index is 1.81. The molecule has 1 aliphatic carbocycles. The Morgan fingerprint density at radius 2 is 1.48 bits per heavy atom. The van der Waals surface area contributed by atoms with E-state index in [0.717, 1.165) is 15.9 Å². The maximum absolute atomic E-state index is 12.7. The minimum absolute atomic E-state index is 0.0173. The summed E-state index contributed by atoms with van der Waals surface area (Å²) in [5.41, 5.74) is 5.33. The van der Waals surface area contributed by atoms with Gasteiger partial charge in [-0.3, -0.25) is 33.7 Å². The number of carboxylic acids is 4.